The zero-order valence-electron chi connectivity index (χ0n) is 20.9. The highest BCUT2D eigenvalue weighted by Gasteiger charge is 2.42. The molecular weight excluding hydrogens is 452 g/mol. The van der Waals surface area contributed by atoms with Crippen LogP contribution in [-0.4, -0.2) is 48.8 Å². The van der Waals surface area contributed by atoms with Gasteiger partial charge in [-0.15, -0.1) is 0 Å². The number of aromatic nitrogens is 1. The lowest BCUT2D eigenvalue weighted by atomic mass is 9.92. The summed E-state index contributed by atoms with van der Waals surface area (Å²) >= 11 is 0. The second-order valence-electron chi connectivity index (χ2n) is 9.49. The summed E-state index contributed by atoms with van der Waals surface area (Å²) in [5, 5.41) is 1.12. The van der Waals surface area contributed by atoms with E-state index in [-0.39, 0.29) is 18.1 Å². The summed E-state index contributed by atoms with van der Waals surface area (Å²) in [5.41, 5.74) is 5.92. The molecule has 3 aromatic carbocycles. The molecule has 6 nitrogen and oxygen atoms in total. The SMILES string of the molecule is COc1ccc(OC)c(-c2c(C3c4ccccc4C(=O)N3CC3CCCO3)c3ccccc3n2C)c1. The fourth-order valence-corrected chi connectivity index (χ4v) is 5.90. The minimum atomic E-state index is -0.241. The molecule has 0 radical (unpaired) electrons. The third kappa shape index (κ3) is 3.47. The van der Waals surface area contributed by atoms with Crippen LogP contribution in [0.5, 0.6) is 11.5 Å². The van der Waals surface area contributed by atoms with E-state index in [2.05, 4.69) is 41.9 Å². The van der Waals surface area contributed by atoms with Gasteiger partial charge in [-0.25, -0.2) is 0 Å². The molecule has 6 heteroatoms. The van der Waals surface area contributed by atoms with E-state index in [9.17, 15) is 4.79 Å². The van der Waals surface area contributed by atoms with Crippen molar-refractivity contribution in [1.82, 2.24) is 9.47 Å². The lowest BCUT2D eigenvalue weighted by Crippen LogP contribution is -2.36. The highest BCUT2D eigenvalue weighted by Crippen LogP contribution is 2.48. The first-order valence-electron chi connectivity index (χ1n) is 12.4. The van der Waals surface area contributed by atoms with Crippen LogP contribution in [0.1, 0.15) is 40.4 Å². The molecule has 36 heavy (non-hydrogen) atoms. The molecule has 4 aromatic rings. The minimum Gasteiger partial charge on any atom is -0.497 e. The maximum absolute atomic E-state index is 13.8. The van der Waals surface area contributed by atoms with Crippen LogP contribution in [0.3, 0.4) is 0 Å². The molecule has 0 N–H and O–H groups in total. The predicted molar refractivity (Wildman–Crippen MR) is 140 cm³/mol. The summed E-state index contributed by atoms with van der Waals surface area (Å²) < 4.78 is 19.6. The van der Waals surface area contributed by atoms with Gasteiger partial charge in [0.05, 0.1) is 32.1 Å². The number of rotatable bonds is 6. The number of hydrogen-bond acceptors (Lipinski definition) is 4. The Morgan fingerprint density at radius 1 is 0.972 bits per heavy atom. The van der Waals surface area contributed by atoms with Crippen molar-refractivity contribution in [3.63, 3.8) is 0 Å². The van der Waals surface area contributed by atoms with Gasteiger partial charge >= 0.3 is 0 Å². The van der Waals surface area contributed by atoms with Crippen LogP contribution in [0.2, 0.25) is 0 Å². The molecule has 1 amide bonds. The molecule has 3 heterocycles. The molecule has 1 aromatic heterocycles. The third-order valence-corrected chi connectivity index (χ3v) is 7.56. The smallest absolute Gasteiger partial charge is 0.255 e. The van der Waals surface area contributed by atoms with Gasteiger partial charge in [0.2, 0.25) is 0 Å². The minimum absolute atomic E-state index is 0.0514. The van der Waals surface area contributed by atoms with Gasteiger partial charge in [0.1, 0.15) is 11.5 Å². The molecule has 0 saturated carbocycles. The number of carbonyl (C=O) groups excluding carboxylic acids is 1. The number of ether oxygens (including phenoxy) is 3. The third-order valence-electron chi connectivity index (χ3n) is 7.56. The van der Waals surface area contributed by atoms with Crippen molar-refractivity contribution >= 4 is 16.8 Å². The van der Waals surface area contributed by atoms with E-state index in [0.29, 0.717) is 6.54 Å². The van der Waals surface area contributed by atoms with Crippen molar-refractivity contribution in [1.29, 1.82) is 0 Å². The van der Waals surface area contributed by atoms with Crippen LogP contribution in [0, 0.1) is 0 Å². The van der Waals surface area contributed by atoms with E-state index in [1.807, 2.05) is 41.3 Å². The van der Waals surface area contributed by atoms with Crippen molar-refractivity contribution in [2.24, 2.45) is 7.05 Å². The van der Waals surface area contributed by atoms with Gasteiger partial charge < -0.3 is 23.7 Å². The van der Waals surface area contributed by atoms with Crippen LogP contribution >= 0.6 is 0 Å². The maximum atomic E-state index is 13.8. The predicted octanol–water partition coefficient (Wildman–Crippen LogP) is 5.59. The van der Waals surface area contributed by atoms with Crippen molar-refractivity contribution in [2.75, 3.05) is 27.4 Å². The second-order valence-corrected chi connectivity index (χ2v) is 9.49. The van der Waals surface area contributed by atoms with Gasteiger partial charge in [0.25, 0.3) is 5.91 Å². The molecule has 0 spiro atoms. The van der Waals surface area contributed by atoms with E-state index in [0.717, 1.165) is 69.8 Å². The van der Waals surface area contributed by atoms with Gasteiger partial charge in [-0.3, -0.25) is 4.79 Å². The molecule has 6 rings (SSSR count). The van der Waals surface area contributed by atoms with Crippen molar-refractivity contribution in [3.05, 3.63) is 83.4 Å². The number of hydrogen-bond donors (Lipinski definition) is 0. The average molecular weight is 483 g/mol. The Morgan fingerprint density at radius 3 is 2.56 bits per heavy atom. The number of fused-ring (bicyclic) bond motifs is 2. The molecule has 0 bridgehead atoms. The lowest BCUT2D eigenvalue weighted by Gasteiger charge is -2.29. The Kier molecular flexibility index (Phi) is 5.69. The topological polar surface area (TPSA) is 52.9 Å². The van der Waals surface area contributed by atoms with E-state index in [1.54, 1.807) is 14.2 Å². The Morgan fingerprint density at radius 2 is 1.78 bits per heavy atom. The number of methoxy groups -OCH3 is 2. The van der Waals surface area contributed by atoms with Gasteiger partial charge in [-0.1, -0.05) is 36.4 Å². The first-order valence-corrected chi connectivity index (χ1v) is 12.4. The summed E-state index contributed by atoms with van der Waals surface area (Å²) in [5.74, 6) is 1.56. The number of benzene rings is 3. The highest BCUT2D eigenvalue weighted by molar-refractivity contribution is 6.02. The summed E-state index contributed by atoms with van der Waals surface area (Å²) in [6, 6.07) is 22.0. The van der Waals surface area contributed by atoms with E-state index in [4.69, 9.17) is 14.2 Å². The fraction of sp³-hybridized carbons (Fsp3) is 0.300. The molecule has 2 aliphatic rings. The Hall–Kier alpha value is -3.77. The largest absolute Gasteiger partial charge is 0.497 e. The molecule has 184 valence electrons. The van der Waals surface area contributed by atoms with E-state index in [1.165, 1.54) is 0 Å². The first kappa shape index (κ1) is 22.7. The van der Waals surface area contributed by atoms with Crippen LogP contribution in [0.4, 0.5) is 0 Å². The molecule has 1 saturated heterocycles. The Labute approximate surface area is 211 Å². The average Bonchev–Trinajstić information content (AvgIpc) is 3.61. The lowest BCUT2D eigenvalue weighted by molar-refractivity contribution is 0.0501. The number of carbonyl (C=O) groups is 1. The second kappa shape index (κ2) is 9.03. The highest BCUT2D eigenvalue weighted by atomic mass is 16.5. The standard InChI is InChI=1S/C30H30N2O4/c1-31-25-13-7-6-12-23(25)27(28(31)24-17-19(34-2)14-15-26(24)35-3)29-21-10-4-5-11-22(21)30(33)32(29)18-20-9-8-16-36-20/h4-7,10-15,17,20,29H,8-9,16,18H2,1-3H3. The number of nitrogens with zero attached hydrogens (tertiary/aromatic N) is 2. The van der Waals surface area contributed by atoms with Gasteiger partial charge in [-0.05, 0) is 48.7 Å². The Bertz CT molecular complexity index is 1450. The zero-order chi connectivity index (χ0) is 24.8. The number of aryl methyl sites for hydroxylation is 1. The molecule has 2 atom stereocenters. The number of para-hydroxylation sites is 1. The van der Waals surface area contributed by atoms with Crippen LogP contribution in [0.25, 0.3) is 22.2 Å². The van der Waals surface area contributed by atoms with Gasteiger partial charge in [0, 0.05) is 47.8 Å². The van der Waals surface area contributed by atoms with Crippen LogP contribution in [-0.2, 0) is 11.8 Å². The maximum Gasteiger partial charge on any atom is 0.255 e. The van der Waals surface area contributed by atoms with E-state index >= 15 is 0 Å². The molecule has 0 aliphatic carbocycles. The fourth-order valence-electron chi connectivity index (χ4n) is 5.90. The normalized spacial score (nSPS) is 19.2. The van der Waals surface area contributed by atoms with Crippen molar-refractivity contribution < 1.29 is 19.0 Å². The van der Waals surface area contributed by atoms with E-state index < -0.39 is 0 Å². The van der Waals surface area contributed by atoms with Crippen LogP contribution in [0.15, 0.2) is 66.7 Å². The van der Waals surface area contributed by atoms with Gasteiger partial charge in [-0.2, -0.15) is 0 Å². The molecule has 2 unspecified atom stereocenters. The molecular formula is C30H30N2O4. The zero-order valence-corrected chi connectivity index (χ0v) is 20.9. The Balaban J connectivity index is 1.64. The summed E-state index contributed by atoms with van der Waals surface area (Å²) in [6.07, 6.45) is 2.06. The molecule has 2 aliphatic heterocycles. The summed E-state index contributed by atoms with van der Waals surface area (Å²) in [6.45, 7) is 1.32. The first-order chi connectivity index (χ1) is 17.6. The summed E-state index contributed by atoms with van der Waals surface area (Å²) in [4.78, 5) is 15.8. The van der Waals surface area contributed by atoms with Crippen LogP contribution < -0.4 is 9.47 Å². The summed E-state index contributed by atoms with van der Waals surface area (Å²) in [7, 11) is 5.43. The quantitative estimate of drug-likeness (QED) is 0.360. The van der Waals surface area contributed by atoms with Crippen molar-refractivity contribution in [2.45, 2.75) is 25.0 Å². The van der Waals surface area contributed by atoms with Crippen molar-refractivity contribution in [3.8, 4) is 22.8 Å². The number of amides is 1. The van der Waals surface area contributed by atoms with Gasteiger partial charge in [0.15, 0.2) is 0 Å². The monoisotopic (exact) mass is 482 g/mol. The molecule has 1 fully saturated rings.